The van der Waals surface area contributed by atoms with Gasteiger partial charge < -0.3 is 5.11 Å². The third kappa shape index (κ3) is 2.10. The molecule has 6 heteroatoms. The summed E-state index contributed by atoms with van der Waals surface area (Å²) in [7, 11) is 0. The monoisotopic (exact) mass is 211 g/mol. The van der Waals surface area contributed by atoms with Gasteiger partial charge in [0.05, 0.1) is 11.6 Å². The average molecular weight is 212 g/mol. The Morgan fingerprint density at radius 3 is 2.54 bits per heavy atom. The molecule has 0 amide bonds. The molecule has 72 valence electrons. The number of aliphatic hydroxyl groups excluding tert-OH is 1. The van der Waals surface area contributed by atoms with Crippen molar-refractivity contribution in [2.45, 2.75) is 12.8 Å². The van der Waals surface area contributed by atoms with Crippen molar-refractivity contribution in [1.82, 2.24) is 4.98 Å². The molecule has 0 atom stereocenters. The molecule has 1 aromatic heterocycles. The molecular formula is C7H5ClF3NO. The topological polar surface area (TPSA) is 33.1 Å². The van der Waals surface area contributed by atoms with E-state index in [4.69, 9.17) is 16.7 Å². The molecule has 0 aromatic carbocycles. The Bertz CT molecular complexity index is 313. The van der Waals surface area contributed by atoms with Gasteiger partial charge in [-0.05, 0) is 11.6 Å². The molecule has 0 aliphatic rings. The van der Waals surface area contributed by atoms with Crippen LogP contribution in [0.5, 0.6) is 0 Å². The zero-order chi connectivity index (χ0) is 10.1. The summed E-state index contributed by atoms with van der Waals surface area (Å²) in [6.07, 6.45) is -3.62. The molecule has 0 aliphatic heterocycles. The SMILES string of the molecule is OCc1ccnc(C(F)(F)F)c1Cl. The summed E-state index contributed by atoms with van der Waals surface area (Å²) in [4.78, 5) is 3.09. The summed E-state index contributed by atoms with van der Waals surface area (Å²) in [5.74, 6) is 0. The van der Waals surface area contributed by atoms with E-state index in [1.165, 1.54) is 6.07 Å². The van der Waals surface area contributed by atoms with Crippen molar-refractivity contribution in [2.75, 3.05) is 0 Å². The quantitative estimate of drug-likeness (QED) is 0.773. The third-order valence-corrected chi connectivity index (χ3v) is 1.83. The van der Waals surface area contributed by atoms with Crippen molar-refractivity contribution < 1.29 is 18.3 Å². The highest BCUT2D eigenvalue weighted by atomic mass is 35.5. The van der Waals surface area contributed by atoms with Crippen LogP contribution in [0.1, 0.15) is 11.3 Å². The van der Waals surface area contributed by atoms with Crippen LogP contribution in [-0.2, 0) is 12.8 Å². The predicted molar refractivity (Wildman–Crippen MR) is 40.2 cm³/mol. The number of nitrogens with zero attached hydrogens (tertiary/aromatic N) is 1. The lowest BCUT2D eigenvalue weighted by Gasteiger charge is -2.09. The molecule has 0 radical (unpaired) electrons. The van der Waals surface area contributed by atoms with E-state index in [0.717, 1.165) is 6.20 Å². The molecule has 1 heterocycles. The molecule has 1 aromatic rings. The van der Waals surface area contributed by atoms with Crippen LogP contribution in [0, 0.1) is 0 Å². The maximum atomic E-state index is 12.1. The second-order valence-corrected chi connectivity index (χ2v) is 2.67. The number of aliphatic hydroxyl groups is 1. The maximum absolute atomic E-state index is 12.1. The summed E-state index contributed by atoms with van der Waals surface area (Å²) in [6.45, 7) is -0.537. The zero-order valence-corrected chi connectivity index (χ0v) is 7.02. The molecule has 0 spiro atoms. The van der Waals surface area contributed by atoms with Crippen molar-refractivity contribution in [3.63, 3.8) is 0 Å². The molecule has 2 nitrogen and oxygen atoms in total. The highest BCUT2D eigenvalue weighted by Gasteiger charge is 2.35. The van der Waals surface area contributed by atoms with Crippen molar-refractivity contribution in [1.29, 1.82) is 0 Å². The number of pyridine rings is 1. The summed E-state index contributed by atoms with van der Waals surface area (Å²) < 4.78 is 36.4. The molecule has 0 bridgehead atoms. The summed E-state index contributed by atoms with van der Waals surface area (Å²) >= 11 is 5.35. The molecule has 1 N–H and O–H groups in total. The average Bonchev–Trinajstić information content (AvgIpc) is 2.02. The molecule has 0 saturated carbocycles. The minimum atomic E-state index is -4.58. The van der Waals surface area contributed by atoms with Crippen LogP contribution in [0.4, 0.5) is 13.2 Å². The van der Waals surface area contributed by atoms with Crippen molar-refractivity contribution in [2.24, 2.45) is 0 Å². The fraction of sp³-hybridized carbons (Fsp3) is 0.286. The smallest absolute Gasteiger partial charge is 0.392 e. The van der Waals surface area contributed by atoms with Gasteiger partial charge in [0.15, 0.2) is 5.69 Å². The van der Waals surface area contributed by atoms with E-state index in [-0.39, 0.29) is 5.56 Å². The first-order valence-corrected chi connectivity index (χ1v) is 3.66. The van der Waals surface area contributed by atoms with E-state index in [9.17, 15) is 13.2 Å². The first kappa shape index (κ1) is 10.3. The van der Waals surface area contributed by atoms with Gasteiger partial charge in [0.2, 0.25) is 0 Å². The first-order chi connectivity index (χ1) is 5.96. The highest BCUT2D eigenvalue weighted by molar-refractivity contribution is 6.32. The predicted octanol–water partition coefficient (Wildman–Crippen LogP) is 2.25. The van der Waals surface area contributed by atoms with Gasteiger partial charge in [-0.2, -0.15) is 13.2 Å². The number of rotatable bonds is 1. The van der Waals surface area contributed by atoms with Crippen LogP contribution in [0.3, 0.4) is 0 Å². The molecule has 0 saturated heterocycles. The minimum absolute atomic E-state index is 0.0176. The van der Waals surface area contributed by atoms with Crippen molar-refractivity contribution >= 4 is 11.6 Å². The number of alkyl halides is 3. The third-order valence-electron chi connectivity index (χ3n) is 1.41. The Hall–Kier alpha value is -0.810. The van der Waals surface area contributed by atoms with Gasteiger partial charge in [-0.25, -0.2) is 0 Å². The van der Waals surface area contributed by atoms with Gasteiger partial charge in [-0.1, -0.05) is 11.6 Å². The van der Waals surface area contributed by atoms with Crippen LogP contribution in [0.25, 0.3) is 0 Å². The molecule has 0 fully saturated rings. The molecule has 13 heavy (non-hydrogen) atoms. The number of halogens is 4. The van der Waals surface area contributed by atoms with E-state index in [1.807, 2.05) is 0 Å². The van der Waals surface area contributed by atoms with Crippen LogP contribution >= 0.6 is 11.6 Å². The van der Waals surface area contributed by atoms with E-state index >= 15 is 0 Å². The number of hydrogen-bond acceptors (Lipinski definition) is 2. The Balaban J connectivity index is 3.24. The van der Waals surface area contributed by atoms with Crippen LogP contribution in [0.2, 0.25) is 5.02 Å². The normalized spacial score (nSPS) is 11.8. The summed E-state index contributed by atoms with van der Waals surface area (Å²) in [6, 6.07) is 1.23. The summed E-state index contributed by atoms with van der Waals surface area (Å²) in [5.41, 5.74) is -1.15. The van der Waals surface area contributed by atoms with Gasteiger partial charge in [-0.3, -0.25) is 4.98 Å². The number of aromatic nitrogens is 1. The molecule has 0 aliphatic carbocycles. The van der Waals surface area contributed by atoms with E-state index in [1.54, 1.807) is 0 Å². The number of hydrogen-bond donors (Lipinski definition) is 1. The van der Waals surface area contributed by atoms with Gasteiger partial charge in [0.1, 0.15) is 0 Å². The standard InChI is InChI=1S/C7H5ClF3NO/c8-5-4(3-13)1-2-12-6(5)7(9,10)11/h1-2,13H,3H2. The fourth-order valence-corrected chi connectivity index (χ4v) is 1.08. The fourth-order valence-electron chi connectivity index (χ4n) is 0.803. The van der Waals surface area contributed by atoms with Crippen LogP contribution in [0.15, 0.2) is 12.3 Å². The molecule has 0 unspecified atom stereocenters. The minimum Gasteiger partial charge on any atom is -0.392 e. The van der Waals surface area contributed by atoms with Crippen molar-refractivity contribution in [3.05, 3.63) is 28.5 Å². The van der Waals surface area contributed by atoms with Gasteiger partial charge in [0.25, 0.3) is 0 Å². The highest BCUT2D eigenvalue weighted by Crippen LogP contribution is 2.34. The lowest BCUT2D eigenvalue weighted by atomic mass is 10.2. The Labute approximate surface area is 77.0 Å². The van der Waals surface area contributed by atoms with E-state index in [0.29, 0.717) is 0 Å². The van der Waals surface area contributed by atoms with Gasteiger partial charge >= 0.3 is 6.18 Å². The lowest BCUT2D eigenvalue weighted by Crippen LogP contribution is -2.09. The molecule has 1 rings (SSSR count). The zero-order valence-electron chi connectivity index (χ0n) is 6.27. The molecular weight excluding hydrogens is 207 g/mol. The van der Waals surface area contributed by atoms with Gasteiger partial charge in [0, 0.05) is 6.20 Å². The second-order valence-electron chi connectivity index (χ2n) is 2.29. The Morgan fingerprint density at radius 2 is 2.08 bits per heavy atom. The summed E-state index contributed by atoms with van der Waals surface area (Å²) in [5, 5.41) is 8.09. The van der Waals surface area contributed by atoms with Crippen molar-refractivity contribution in [3.8, 4) is 0 Å². The first-order valence-electron chi connectivity index (χ1n) is 3.28. The van der Waals surface area contributed by atoms with Gasteiger partial charge in [-0.15, -0.1) is 0 Å². The Morgan fingerprint density at radius 1 is 1.46 bits per heavy atom. The van der Waals surface area contributed by atoms with E-state index < -0.39 is 23.5 Å². The Kier molecular flexibility index (Phi) is 2.77. The second kappa shape index (κ2) is 3.51. The largest absolute Gasteiger partial charge is 0.434 e. The van der Waals surface area contributed by atoms with Crippen LogP contribution < -0.4 is 0 Å². The lowest BCUT2D eigenvalue weighted by molar-refractivity contribution is -0.141. The van der Waals surface area contributed by atoms with E-state index in [2.05, 4.69) is 4.98 Å². The van der Waals surface area contributed by atoms with Crippen LogP contribution in [-0.4, -0.2) is 10.1 Å². The maximum Gasteiger partial charge on any atom is 0.434 e.